The van der Waals surface area contributed by atoms with Crippen LogP contribution in [-0.4, -0.2) is 4.92 Å². The smallest absolute Gasteiger partial charge is 0.277 e. The van der Waals surface area contributed by atoms with Crippen molar-refractivity contribution < 1.29 is 13.7 Å². The molecule has 0 atom stereocenters. The van der Waals surface area contributed by atoms with Crippen molar-refractivity contribution in [3.8, 4) is 6.07 Å². The number of benzene rings is 2. The van der Waals surface area contributed by atoms with Crippen LogP contribution in [0.5, 0.6) is 0 Å². The van der Waals surface area contributed by atoms with E-state index in [1.165, 1.54) is 30.3 Å². The third-order valence-corrected chi connectivity index (χ3v) is 3.57. The average Bonchev–Trinajstić information content (AvgIpc) is 2.61. The Balaban J connectivity index is 2.20. The van der Waals surface area contributed by atoms with E-state index in [0.29, 0.717) is 0 Å². The first-order valence-electron chi connectivity index (χ1n) is 7.08. The second kappa shape index (κ2) is 6.37. The molecule has 0 saturated heterocycles. The highest BCUT2D eigenvalue weighted by atomic mass is 19.1. The zero-order valence-electron chi connectivity index (χ0n) is 12.6. The van der Waals surface area contributed by atoms with Crippen molar-refractivity contribution in [1.82, 2.24) is 0 Å². The molecule has 3 rings (SSSR count). The van der Waals surface area contributed by atoms with Crippen molar-refractivity contribution in [2.45, 2.75) is 0 Å². The molecule has 0 saturated carbocycles. The highest BCUT2D eigenvalue weighted by molar-refractivity contribution is 5.93. The minimum atomic E-state index is -0.605. The van der Waals surface area contributed by atoms with Crippen molar-refractivity contribution in [3.63, 3.8) is 0 Å². The molecule has 0 spiro atoms. The Hall–Kier alpha value is -3.79. The van der Waals surface area contributed by atoms with Crippen LogP contribution >= 0.6 is 0 Å². The molecule has 0 fully saturated rings. The second-order valence-electron chi connectivity index (χ2n) is 5.10. The molecule has 0 aliphatic heterocycles. The number of nitro benzene ring substituents is 1. The van der Waals surface area contributed by atoms with Crippen LogP contribution in [0.2, 0.25) is 0 Å². The first-order chi connectivity index (χ1) is 12.0. The van der Waals surface area contributed by atoms with Crippen LogP contribution in [-0.2, 0) is 0 Å². The average molecular weight is 336 g/mol. The van der Waals surface area contributed by atoms with E-state index in [4.69, 9.17) is 4.42 Å². The summed E-state index contributed by atoms with van der Waals surface area (Å²) >= 11 is 0. The van der Waals surface area contributed by atoms with Gasteiger partial charge in [-0.15, -0.1) is 0 Å². The van der Waals surface area contributed by atoms with E-state index in [0.717, 1.165) is 18.4 Å². The number of halogens is 1. The summed E-state index contributed by atoms with van der Waals surface area (Å²) < 4.78 is 18.4. The SMILES string of the molecule is N#C/C(=C\c1coc2cc(F)ccc2c1=O)c1ccccc1[N+](=O)[O-]. The van der Waals surface area contributed by atoms with E-state index < -0.39 is 16.2 Å². The van der Waals surface area contributed by atoms with Crippen LogP contribution in [0.25, 0.3) is 22.6 Å². The zero-order chi connectivity index (χ0) is 18.0. The summed E-state index contributed by atoms with van der Waals surface area (Å²) in [4.78, 5) is 23.0. The molecule has 0 unspecified atom stereocenters. The first kappa shape index (κ1) is 16.1. The lowest BCUT2D eigenvalue weighted by molar-refractivity contribution is -0.385. The Morgan fingerprint density at radius 2 is 2.04 bits per heavy atom. The molecule has 1 heterocycles. The fourth-order valence-electron chi connectivity index (χ4n) is 2.40. The Morgan fingerprint density at radius 3 is 2.76 bits per heavy atom. The molecule has 122 valence electrons. The standard InChI is InChI=1S/C18H9FN2O4/c19-13-5-6-15-17(8-13)25-10-12(18(15)22)7-11(9-20)14-3-1-2-4-16(14)21(23)24/h1-8,10H/b11-7+. The maximum atomic E-state index is 13.2. The molecule has 0 N–H and O–H groups in total. The molecule has 2 aromatic carbocycles. The summed E-state index contributed by atoms with van der Waals surface area (Å²) in [6.07, 6.45) is 2.31. The lowest BCUT2D eigenvalue weighted by Crippen LogP contribution is -2.05. The van der Waals surface area contributed by atoms with Gasteiger partial charge in [0.25, 0.3) is 5.69 Å². The summed E-state index contributed by atoms with van der Waals surface area (Å²) in [5.41, 5.74) is -0.565. The third kappa shape index (κ3) is 3.01. The van der Waals surface area contributed by atoms with E-state index in [2.05, 4.69) is 0 Å². The minimum absolute atomic E-state index is 0.0359. The van der Waals surface area contributed by atoms with Gasteiger partial charge in [0.1, 0.15) is 23.7 Å². The molecule has 6 nitrogen and oxygen atoms in total. The lowest BCUT2D eigenvalue weighted by atomic mass is 10.0. The maximum Gasteiger partial charge on any atom is 0.277 e. The second-order valence-corrected chi connectivity index (χ2v) is 5.10. The number of nitriles is 1. The van der Waals surface area contributed by atoms with Crippen molar-refractivity contribution in [2.24, 2.45) is 0 Å². The van der Waals surface area contributed by atoms with Gasteiger partial charge in [0.2, 0.25) is 0 Å². The number of nitro groups is 1. The number of nitrogens with zero attached hydrogens (tertiary/aromatic N) is 2. The number of para-hydroxylation sites is 1. The monoisotopic (exact) mass is 336 g/mol. The number of hydrogen-bond donors (Lipinski definition) is 0. The first-order valence-corrected chi connectivity index (χ1v) is 7.08. The van der Waals surface area contributed by atoms with Crippen LogP contribution in [0.1, 0.15) is 11.1 Å². The highest BCUT2D eigenvalue weighted by Gasteiger charge is 2.17. The van der Waals surface area contributed by atoms with Crippen molar-refractivity contribution in [1.29, 1.82) is 5.26 Å². The number of allylic oxidation sites excluding steroid dienone is 1. The topological polar surface area (TPSA) is 97.1 Å². The minimum Gasteiger partial charge on any atom is -0.463 e. The van der Waals surface area contributed by atoms with Crippen molar-refractivity contribution in [3.05, 3.63) is 86.0 Å². The molecule has 3 aromatic rings. The van der Waals surface area contributed by atoms with Crippen LogP contribution in [0.4, 0.5) is 10.1 Å². The Kier molecular flexibility index (Phi) is 4.10. The summed E-state index contributed by atoms with van der Waals surface area (Å²) in [6, 6.07) is 11.1. The molecule has 0 bridgehead atoms. The van der Waals surface area contributed by atoms with Crippen molar-refractivity contribution in [2.75, 3.05) is 0 Å². The van der Waals surface area contributed by atoms with Gasteiger partial charge in [-0.3, -0.25) is 14.9 Å². The van der Waals surface area contributed by atoms with Gasteiger partial charge in [0.05, 0.1) is 27.0 Å². The normalized spacial score (nSPS) is 11.3. The predicted molar refractivity (Wildman–Crippen MR) is 89.0 cm³/mol. The molecule has 0 radical (unpaired) electrons. The Labute approximate surface area is 140 Å². The summed E-state index contributed by atoms with van der Waals surface area (Å²) in [6.45, 7) is 0. The van der Waals surface area contributed by atoms with Gasteiger partial charge in [0, 0.05) is 12.1 Å². The van der Waals surface area contributed by atoms with Gasteiger partial charge in [-0.2, -0.15) is 5.26 Å². The largest absolute Gasteiger partial charge is 0.463 e. The van der Waals surface area contributed by atoms with Gasteiger partial charge < -0.3 is 4.42 Å². The van der Waals surface area contributed by atoms with E-state index in [1.807, 2.05) is 6.07 Å². The molecule has 1 aromatic heterocycles. The van der Waals surface area contributed by atoms with Crippen LogP contribution < -0.4 is 5.43 Å². The van der Waals surface area contributed by atoms with E-state index in [-0.39, 0.29) is 33.4 Å². The number of hydrogen-bond acceptors (Lipinski definition) is 5. The molecule has 7 heteroatoms. The Morgan fingerprint density at radius 1 is 1.28 bits per heavy atom. The quantitative estimate of drug-likeness (QED) is 0.410. The van der Waals surface area contributed by atoms with Crippen LogP contribution in [0.15, 0.2) is 57.9 Å². The molecule has 0 amide bonds. The molecule has 25 heavy (non-hydrogen) atoms. The maximum absolute atomic E-state index is 13.2. The summed E-state index contributed by atoms with van der Waals surface area (Å²) in [5, 5.41) is 20.6. The Bertz CT molecular complexity index is 1130. The number of rotatable bonds is 3. The van der Waals surface area contributed by atoms with Crippen LogP contribution in [0.3, 0.4) is 0 Å². The summed E-state index contributed by atoms with van der Waals surface area (Å²) in [5.74, 6) is -0.545. The molecular formula is C18H9FN2O4. The van der Waals surface area contributed by atoms with Gasteiger partial charge in [-0.25, -0.2) is 4.39 Å². The van der Waals surface area contributed by atoms with E-state index in [1.54, 1.807) is 6.07 Å². The zero-order valence-corrected chi connectivity index (χ0v) is 12.6. The van der Waals surface area contributed by atoms with E-state index >= 15 is 0 Å². The van der Waals surface area contributed by atoms with Gasteiger partial charge in [-0.05, 0) is 24.3 Å². The van der Waals surface area contributed by atoms with Gasteiger partial charge in [0.15, 0.2) is 5.43 Å². The molecule has 0 aliphatic rings. The lowest BCUT2D eigenvalue weighted by Gasteiger charge is -2.02. The summed E-state index contributed by atoms with van der Waals surface area (Å²) in [7, 11) is 0. The van der Waals surface area contributed by atoms with Crippen molar-refractivity contribution >= 4 is 28.3 Å². The van der Waals surface area contributed by atoms with Gasteiger partial charge >= 0.3 is 0 Å². The van der Waals surface area contributed by atoms with Gasteiger partial charge in [-0.1, -0.05) is 12.1 Å². The molecule has 0 aliphatic carbocycles. The number of fused-ring (bicyclic) bond motifs is 1. The molecular weight excluding hydrogens is 327 g/mol. The highest BCUT2D eigenvalue weighted by Crippen LogP contribution is 2.26. The van der Waals surface area contributed by atoms with Crippen LogP contribution in [0, 0.1) is 27.3 Å². The van der Waals surface area contributed by atoms with E-state index in [9.17, 15) is 24.6 Å². The fraction of sp³-hybridized carbons (Fsp3) is 0. The third-order valence-electron chi connectivity index (χ3n) is 3.57. The predicted octanol–water partition coefficient (Wildman–Crippen LogP) is 3.90. The fourth-order valence-corrected chi connectivity index (χ4v) is 2.40.